The molecule has 7 heteroatoms. The molecule has 1 amide bonds. The predicted octanol–water partition coefficient (Wildman–Crippen LogP) is 3.16. The number of nitrogens with one attached hydrogen (secondary N) is 1. The van der Waals surface area contributed by atoms with E-state index in [1.165, 1.54) is 0 Å². The molecule has 2 fully saturated rings. The van der Waals surface area contributed by atoms with E-state index in [4.69, 9.17) is 4.74 Å². The average Bonchev–Trinajstić information content (AvgIpc) is 2.60. The number of aromatic nitrogens is 1. The first-order chi connectivity index (χ1) is 11.9. The molecule has 1 saturated heterocycles. The number of ether oxygens (including phenoxy) is 1. The fourth-order valence-corrected chi connectivity index (χ4v) is 3.58. The van der Waals surface area contributed by atoms with Crippen molar-refractivity contribution in [2.75, 3.05) is 32.1 Å². The monoisotopic (exact) mass is 353 g/mol. The molecule has 0 radical (unpaired) electrons. The molecular formula is C18H25F2N3O2. The number of amides is 1. The Kier molecular flexibility index (Phi) is 5.22. The van der Waals surface area contributed by atoms with E-state index in [-0.39, 0.29) is 43.6 Å². The lowest BCUT2D eigenvalue weighted by molar-refractivity contribution is -0.147. The lowest BCUT2D eigenvalue weighted by Crippen LogP contribution is -2.46. The number of nitrogens with zero attached hydrogens (tertiary/aromatic N) is 2. The van der Waals surface area contributed by atoms with Crippen LogP contribution in [0.4, 0.5) is 14.5 Å². The zero-order valence-electron chi connectivity index (χ0n) is 14.7. The molecule has 3 rings (SSSR count). The first-order valence-corrected chi connectivity index (χ1v) is 8.82. The molecule has 1 aliphatic heterocycles. The van der Waals surface area contributed by atoms with Gasteiger partial charge in [0.15, 0.2) is 0 Å². The van der Waals surface area contributed by atoms with Crippen molar-refractivity contribution in [2.24, 2.45) is 5.92 Å². The molecule has 1 unspecified atom stereocenters. The van der Waals surface area contributed by atoms with E-state index in [2.05, 4.69) is 10.3 Å². The summed E-state index contributed by atoms with van der Waals surface area (Å²) >= 11 is 0. The molecule has 2 aliphatic rings. The summed E-state index contributed by atoms with van der Waals surface area (Å²) in [6, 6.07) is 3.87. The average molecular weight is 353 g/mol. The van der Waals surface area contributed by atoms with Gasteiger partial charge in [-0.05, 0) is 31.9 Å². The lowest BCUT2D eigenvalue weighted by Gasteiger charge is -2.36. The number of halogens is 2. The van der Waals surface area contributed by atoms with Crippen molar-refractivity contribution in [1.29, 1.82) is 0 Å². The van der Waals surface area contributed by atoms with Crippen molar-refractivity contribution in [1.82, 2.24) is 9.88 Å². The maximum atomic E-state index is 13.3. The van der Waals surface area contributed by atoms with Gasteiger partial charge >= 0.3 is 0 Å². The zero-order chi connectivity index (χ0) is 18.0. The predicted molar refractivity (Wildman–Crippen MR) is 90.7 cm³/mol. The van der Waals surface area contributed by atoms with Crippen molar-refractivity contribution in [3.05, 3.63) is 23.5 Å². The topological polar surface area (TPSA) is 54.5 Å². The van der Waals surface area contributed by atoms with Crippen molar-refractivity contribution in [3.8, 4) is 0 Å². The maximum absolute atomic E-state index is 13.3. The van der Waals surface area contributed by atoms with Crippen LogP contribution >= 0.6 is 0 Å². The van der Waals surface area contributed by atoms with Crippen molar-refractivity contribution in [3.63, 3.8) is 0 Å². The van der Waals surface area contributed by atoms with Crippen LogP contribution in [0.1, 0.15) is 43.2 Å². The van der Waals surface area contributed by atoms with Crippen LogP contribution < -0.4 is 5.32 Å². The fourth-order valence-electron chi connectivity index (χ4n) is 3.58. The molecule has 25 heavy (non-hydrogen) atoms. The summed E-state index contributed by atoms with van der Waals surface area (Å²) < 4.78 is 32.4. The highest BCUT2D eigenvalue weighted by atomic mass is 19.3. The van der Waals surface area contributed by atoms with Crippen LogP contribution in [0, 0.1) is 12.8 Å². The van der Waals surface area contributed by atoms with Crippen molar-refractivity contribution in [2.45, 2.75) is 44.6 Å². The van der Waals surface area contributed by atoms with Crippen molar-refractivity contribution >= 4 is 11.6 Å². The van der Waals surface area contributed by atoms with Gasteiger partial charge in [0.2, 0.25) is 11.8 Å². The molecule has 138 valence electrons. The minimum atomic E-state index is -2.61. The second-order valence-corrected chi connectivity index (χ2v) is 6.95. The van der Waals surface area contributed by atoms with Crippen LogP contribution in [-0.4, -0.2) is 48.5 Å². The van der Waals surface area contributed by atoms with Crippen LogP contribution in [0.3, 0.4) is 0 Å². The van der Waals surface area contributed by atoms with Gasteiger partial charge in [0, 0.05) is 43.7 Å². The number of hydrogen-bond donors (Lipinski definition) is 1. The summed E-state index contributed by atoms with van der Waals surface area (Å²) in [5, 5.41) is 3.09. The van der Waals surface area contributed by atoms with E-state index >= 15 is 0 Å². The normalized spacial score (nSPS) is 24.2. The molecule has 0 bridgehead atoms. The van der Waals surface area contributed by atoms with Crippen LogP contribution in [0.2, 0.25) is 0 Å². The minimum Gasteiger partial charge on any atom is -0.388 e. The van der Waals surface area contributed by atoms with Gasteiger partial charge in [-0.1, -0.05) is 0 Å². The van der Waals surface area contributed by atoms with Gasteiger partial charge in [-0.2, -0.15) is 0 Å². The molecule has 5 nitrogen and oxygen atoms in total. The quantitative estimate of drug-likeness (QED) is 0.907. The van der Waals surface area contributed by atoms with Gasteiger partial charge in [-0.25, -0.2) is 8.78 Å². The smallest absolute Gasteiger partial charge is 0.248 e. The Morgan fingerprint density at radius 3 is 2.76 bits per heavy atom. The van der Waals surface area contributed by atoms with E-state index in [1.807, 2.05) is 26.1 Å². The number of morpholine rings is 1. The molecule has 0 spiro atoms. The summed E-state index contributed by atoms with van der Waals surface area (Å²) in [6.45, 7) is 3.28. The molecule has 1 aromatic rings. The molecular weight excluding hydrogens is 328 g/mol. The summed E-state index contributed by atoms with van der Waals surface area (Å²) in [4.78, 5) is 19.0. The highest BCUT2D eigenvalue weighted by Gasteiger charge is 2.39. The zero-order valence-corrected chi connectivity index (χ0v) is 14.7. The standard InChI is InChI=1S/C18H25F2N3O2/c1-12-9-14(21-2)10-15(22-12)16-11-23(7-8-25-16)17(24)13-3-5-18(19,20)6-4-13/h9-10,13,16H,3-8,11H2,1-2H3,(H,21,22). The highest BCUT2D eigenvalue weighted by molar-refractivity contribution is 5.79. The number of alkyl halides is 2. The summed E-state index contributed by atoms with van der Waals surface area (Å²) in [5.74, 6) is -2.93. The third-order valence-corrected chi connectivity index (χ3v) is 5.04. The van der Waals surface area contributed by atoms with Crippen LogP contribution in [0.5, 0.6) is 0 Å². The molecule has 1 saturated carbocycles. The second kappa shape index (κ2) is 7.23. The number of pyridine rings is 1. The Hall–Kier alpha value is -1.76. The molecule has 1 N–H and O–H groups in total. The maximum Gasteiger partial charge on any atom is 0.248 e. The van der Waals surface area contributed by atoms with Crippen LogP contribution in [0.15, 0.2) is 12.1 Å². The Bertz CT molecular complexity index is 629. The molecule has 0 aromatic carbocycles. The summed E-state index contributed by atoms with van der Waals surface area (Å²) in [7, 11) is 1.84. The van der Waals surface area contributed by atoms with Gasteiger partial charge in [0.1, 0.15) is 6.10 Å². The van der Waals surface area contributed by atoms with E-state index < -0.39 is 5.92 Å². The summed E-state index contributed by atoms with van der Waals surface area (Å²) in [5.41, 5.74) is 2.62. The van der Waals surface area contributed by atoms with Gasteiger partial charge in [0.05, 0.1) is 18.8 Å². The van der Waals surface area contributed by atoms with Gasteiger partial charge < -0.3 is 15.0 Å². The number of rotatable bonds is 3. The van der Waals surface area contributed by atoms with Crippen LogP contribution in [0.25, 0.3) is 0 Å². The highest BCUT2D eigenvalue weighted by Crippen LogP contribution is 2.37. The Morgan fingerprint density at radius 1 is 1.36 bits per heavy atom. The SMILES string of the molecule is CNc1cc(C)nc(C2CN(C(=O)C3CCC(F)(F)CC3)CCO2)c1. The van der Waals surface area contributed by atoms with E-state index in [9.17, 15) is 13.6 Å². The van der Waals surface area contributed by atoms with E-state index in [1.54, 1.807) is 4.90 Å². The molecule has 1 aromatic heterocycles. The number of carbonyl (C=O) groups is 1. The first kappa shape index (κ1) is 18.0. The van der Waals surface area contributed by atoms with E-state index in [0.29, 0.717) is 19.7 Å². The van der Waals surface area contributed by atoms with Gasteiger partial charge in [-0.15, -0.1) is 0 Å². The number of aryl methyl sites for hydroxylation is 1. The van der Waals surface area contributed by atoms with Crippen molar-refractivity contribution < 1.29 is 18.3 Å². The fraction of sp³-hybridized carbons (Fsp3) is 0.667. The largest absolute Gasteiger partial charge is 0.388 e. The van der Waals surface area contributed by atoms with E-state index in [0.717, 1.165) is 17.1 Å². The van der Waals surface area contributed by atoms with Gasteiger partial charge in [-0.3, -0.25) is 9.78 Å². The van der Waals surface area contributed by atoms with Crippen LogP contribution in [-0.2, 0) is 9.53 Å². The Labute approximate surface area is 146 Å². The molecule has 1 atom stereocenters. The minimum absolute atomic E-state index is 0.0229. The third kappa shape index (κ3) is 4.26. The first-order valence-electron chi connectivity index (χ1n) is 8.82. The summed E-state index contributed by atoms with van der Waals surface area (Å²) in [6.07, 6.45) is -0.139. The van der Waals surface area contributed by atoms with Gasteiger partial charge in [0.25, 0.3) is 0 Å². The molecule has 2 heterocycles. The Morgan fingerprint density at radius 2 is 2.08 bits per heavy atom. The number of carbonyl (C=O) groups excluding carboxylic acids is 1. The Balaban J connectivity index is 1.67. The lowest BCUT2D eigenvalue weighted by atomic mass is 9.85. The molecule has 1 aliphatic carbocycles. The number of anilines is 1. The second-order valence-electron chi connectivity index (χ2n) is 6.95. The third-order valence-electron chi connectivity index (χ3n) is 5.04. The number of hydrogen-bond acceptors (Lipinski definition) is 4.